The van der Waals surface area contributed by atoms with E-state index in [0.29, 0.717) is 6.54 Å². The molecule has 6 heteroatoms. The van der Waals surface area contributed by atoms with Crippen LogP contribution in [0, 0.1) is 0 Å². The van der Waals surface area contributed by atoms with Gasteiger partial charge in [0.25, 0.3) is 0 Å². The topological polar surface area (TPSA) is 64.0 Å². The molecule has 0 radical (unpaired) electrons. The number of para-hydroxylation sites is 2. The Kier molecular flexibility index (Phi) is 2.92. The number of aryl methyl sites for hydroxylation is 1. The van der Waals surface area contributed by atoms with Crippen molar-refractivity contribution in [2.24, 2.45) is 7.05 Å². The van der Waals surface area contributed by atoms with Crippen LogP contribution in [0.3, 0.4) is 0 Å². The van der Waals surface area contributed by atoms with Crippen molar-refractivity contribution in [3.05, 3.63) is 30.1 Å². The molecule has 0 saturated carbocycles. The second kappa shape index (κ2) is 4.30. The van der Waals surface area contributed by atoms with Crippen molar-refractivity contribution >= 4 is 20.9 Å². The van der Waals surface area contributed by atoms with Gasteiger partial charge in [-0.15, -0.1) is 0 Å². The van der Waals surface area contributed by atoms with Crippen LogP contribution in [-0.2, 0) is 23.4 Å². The van der Waals surface area contributed by atoms with Gasteiger partial charge in [-0.3, -0.25) is 0 Å². The van der Waals surface area contributed by atoms with Gasteiger partial charge in [-0.1, -0.05) is 12.1 Å². The molecule has 1 aliphatic rings. The molecule has 1 aliphatic heterocycles. The molecule has 1 saturated heterocycles. The van der Waals surface area contributed by atoms with Gasteiger partial charge in [0, 0.05) is 13.1 Å². The number of sulfone groups is 1. The molecule has 0 unspecified atom stereocenters. The van der Waals surface area contributed by atoms with Crippen LogP contribution < -0.4 is 5.32 Å². The predicted octanol–water partition coefficient (Wildman–Crippen LogP) is 1.24. The number of rotatable bonds is 3. The molecule has 5 nitrogen and oxygen atoms in total. The first-order chi connectivity index (χ1) is 9.33. The highest BCUT2D eigenvalue weighted by atomic mass is 32.2. The van der Waals surface area contributed by atoms with Gasteiger partial charge in [-0.25, -0.2) is 13.4 Å². The lowest BCUT2D eigenvalue weighted by Crippen LogP contribution is -2.65. The Morgan fingerprint density at radius 3 is 2.70 bits per heavy atom. The quantitative estimate of drug-likeness (QED) is 0.925. The maximum Gasteiger partial charge on any atom is 0.158 e. The van der Waals surface area contributed by atoms with Crippen LogP contribution in [0.4, 0.5) is 0 Å². The van der Waals surface area contributed by atoms with Gasteiger partial charge < -0.3 is 9.88 Å². The minimum absolute atomic E-state index is 0.00712. The molecule has 2 heterocycles. The first kappa shape index (κ1) is 13.6. The molecule has 108 valence electrons. The number of aromatic nitrogens is 2. The zero-order valence-electron chi connectivity index (χ0n) is 11.9. The van der Waals surface area contributed by atoms with Crippen LogP contribution in [0.25, 0.3) is 11.0 Å². The van der Waals surface area contributed by atoms with Gasteiger partial charge in [0.05, 0.1) is 28.1 Å². The van der Waals surface area contributed by atoms with E-state index in [2.05, 4.69) is 10.3 Å². The Labute approximate surface area is 118 Å². The summed E-state index contributed by atoms with van der Waals surface area (Å²) in [7, 11) is -0.957. The predicted molar refractivity (Wildman–Crippen MR) is 79.2 cm³/mol. The fourth-order valence-corrected chi connectivity index (χ4v) is 4.33. The van der Waals surface area contributed by atoms with Crippen LogP contribution in [0.1, 0.15) is 19.7 Å². The second-order valence-electron chi connectivity index (χ2n) is 5.89. The highest BCUT2D eigenvalue weighted by Crippen LogP contribution is 2.33. The van der Waals surface area contributed by atoms with E-state index < -0.39 is 14.6 Å². The average Bonchev–Trinajstić information content (AvgIpc) is 2.72. The van der Waals surface area contributed by atoms with E-state index in [1.807, 2.05) is 35.9 Å². The molecule has 2 aromatic rings. The van der Waals surface area contributed by atoms with Crippen molar-refractivity contribution in [2.45, 2.75) is 31.2 Å². The third kappa shape index (κ3) is 1.86. The van der Waals surface area contributed by atoms with E-state index in [0.717, 1.165) is 16.9 Å². The van der Waals surface area contributed by atoms with E-state index in [1.54, 1.807) is 13.8 Å². The highest BCUT2D eigenvalue weighted by molar-refractivity contribution is 7.94. The lowest BCUT2D eigenvalue weighted by Gasteiger charge is -2.43. The van der Waals surface area contributed by atoms with Crippen LogP contribution >= 0.6 is 0 Å². The zero-order chi connectivity index (χ0) is 14.5. The van der Waals surface area contributed by atoms with Gasteiger partial charge in [-0.05, 0) is 26.0 Å². The van der Waals surface area contributed by atoms with Gasteiger partial charge in [0.1, 0.15) is 5.82 Å². The SMILES string of the molecule is Cn1c(CN[C@H]2CS(=O)(=O)C2(C)C)nc2ccccc21. The number of nitrogens with one attached hydrogen (secondary N) is 1. The molecule has 0 bridgehead atoms. The molecular formula is C14H19N3O2S. The number of benzene rings is 1. The fraction of sp³-hybridized carbons (Fsp3) is 0.500. The minimum atomic E-state index is -2.94. The van der Waals surface area contributed by atoms with Crippen molar-refractivity contribution in [1.82, 2.24) is 14.9 Å². The summed E-state index contributed by atoms with van der Waals surface area (Å²) in [5, 5.41) is 3.32. The monoisotopic (exact) mass is 293 g/mol. The van der Waals surface area contributed by atoms with Crippen molar-refractivity contribution in [2.75, 3.05) is 5.75 Å². The van der Waals surface area contributed by atoms with Crippen molar-refractivity contribution in [3.8, 4) is 0 Å². The number of hydrogen-bond acceptors (Lipinski definition) is 4. The maximum atomic E-state index is 11.7. The third-order valence-corrected chi connectivity index (χ3v) is 7.07. The van der Waals surface area contributed by atoms with E-state index in [-0.39, 0.29) is 11.8 Å². The number of imidazole rings is 1. The van der Waals surface area contributed by atoms with E-state index in [1.165, 1.54) is 0 Å². The van der Waals surface area contributed by atoms with Gasteiger partial charge >= 0.3 is 0 Å². The van der Waals surface area contributed by atoms with Crippen molar-refractivity contribution in [1.29, 1.82) is 0 Å². The van der Waals surface area contributed by atoms with Crippen molar-refractivity contribution < 1.29 is 8.42 Å². The number of nitrogens with zero attached hydrogens (tertiary/aromatic N) is 2. The molecule has 3 rings (SSSR count). The maximum absolute atomic E-state index is 11.7. The summed E-state index contributed by atoms with van der Waals surface area (Å²) in [6.45, 7) is 4.13. The second-order valence-corrected chi connectivity index (χ2v) is 8.51. The minimum Gasteiger partial charge on any atom is -0.330 e. The Hall–Kier alpha value is -1.40. The zero-order valence-corrected chi connectivity index (χ0v) is 12.7. The van der Waals surface area contributed by atoms with E-state index in [4.69, 9.17) is 0 Å². The lowest BCUT2D eigenvalue weighted by molar-refractivity contribution is 0.380. The first-order valence-electron chi connectivity index (χ1n) is 6.69. The highest BCUT2D eigenvalue weighted by Gasteiger charge is 2.53. The largest absolute Gasteiger partial charge is 0.330 e. The van der Waals surface area contributed by atoms with Gasteiger partial charge in [-0.2, -0.15) is 0 Å². The number of hydrogen-bond donors (Lipinski definition) is 1. The van der Waals surface area contributed by atoms with Gasteiger partial charge in [0.2, 0.25) is 0 Å². The summed E-state index contributed by atoms with van der Waals surface area (Å²) >= 11 is 0. The molecule has 1 N–H and O–H groups in total. The summed E-state index contributed by atoms with van der Waals surface area (Å²) in [4.78, 5) is 4.58. The molecule has 1 atom stereocenters. The molecule has 1 aromatic carbocycles. The van der Waals surface area contributed by atoms with Crippen molar-refractivity contribution in [3.63, 3.8) is 0 Å². The normalized spacial score (nSPS) is 23.6. The Morgan fingerprint density at radius 1 is 1.40 bits per heavy atom. The Bertz CT molecular complexity index is 762. The third-order valence-electron chi connectivity index (χ3n) is 4.41. The standard InChI is InChI=1S/C14H19N3O2S/c1-14(2)12(9-20(14,18)19)15-8-13-16-10-6-4-5-7-11(10)17(13)3/h4-7,12,15H,8-9H2,1-3H3/t12-/m0/s1. The van der Waals surface area contributed by atoms with Crippen LogP contribution in [0.15, 0.2) is 24.3 Å². The molecule has 0 spiro atoms. The Balaban J connectivity index is 1.77. The molecular weight excluding hydrogens is 274 g/mol. The summed E-state index contributed by atoms with van der Waals surface area (Å²) in [5.41, 5.74) is 2.05. The van der Waals surface area contributed by atoms with Gasteiger partial charge in [0.15, 0.2) is 9.84 Å². The summed E-state index contributed by atoms with van der Waals surface area (Å²) in [6, 6.07) is 7.96. The molecule has 20 heavy (non-hydrogen) atoms. The molecule has 0 aliphatic carbocycles. The average molecular weight is 293 g/mol. The first-order valence-corrected chi connectivity index (χ1v) is 8.34. The summed E-state index contributed by atoms with van der Waals surface area (Å²) in [5.74, 6) is 1.13. The lowest BCUT2D eigenvalue weighted by atomic mass is 10.0. The fourth-order valence-electron chi connectivity index (χ4n) is 2.62. The van der Waals surface area contributed by atoms with Crippen LogP contribution in [-0.4, -0.2) is 34.5 Å². The smallest absolute Gasteiger partial charge is 0.158 e. The van der Waals surface area contributed by atoms with Crippen LogP contribution in [0.5, 0.6) is 0 Å². The van der Waals surface area contributed by atoms with Crippen LogP contribution in [0.2, 0.25) is 0 Å². The van der Waals surface area contributed by atoms with E-state index in [9.17, 15) is 8.42 Å². The molecule has 0 amide bonds. The summed E-state index contributed by atoms with van der Waals surface area (Å²) in [6.07, 6.45) is 0. The van der Waals surface area contributed by atoms with E-state index >= 15 is 0 Å². The summed E-state index contributed by atoms with van der Waals surface area (Å²) < 4.78 is 24.8. The number of fused-ring (bicyclic) bond motifs is 1. The Morgan fingerprint density at radius 2 is 2.10 bits per heavy atom. The molecule has 1 fully saturated rings. The molecule has 1 aromatic heterocycles.